The van der Waals surface area contributed by atoms with Crippen LogP contribution in [0.2, 0.25) is 0 Å². The van der Waals surface area contributed by atoms with E-state index in [0.717, 1.165) is 24.3 Å². The molecule has 1 aliphatic heterocycles. The zero-order valence-corrected chi connectivity index (χ0v) is 11.4. The molecule has 0 aliphatic carbocycles. The van der Waals surface area contributed by atoms with Gasteiger partial charge in [-0.3, -0.25) is 0 Å². The largest absolute Gasteiger partial charge is 0.454 e. The first-order valence-electron chi connectivity index (χ1n) is 6.94. The zero-order valence-electron chi connectivity index (χ0n) is 11.4. The number of benzene rings is 1. The van der Waals surface area contributed by atoms with Crippen LogP contribution in [-0.4, -0.2) is 6.79 Å². The van der Waals surface area contributed by atoms with Crippen LogP contribution < -0.4 is 9.47 Å². The highest BCUT2D eigenvalue weighted by atomic mass is 16.7. The number of ether oxygens (including phenoxy) is 2. The molecule has 0 amide bonds. The summed E-state index contributed by atoms with van der Waals surface area (Å²) in [5.74, 6) is 1.75. The van der Waals surface area contributed by atoms with Gasteiger partial charge in [0.15, 0.2) is 11.5 Å². The molecule has 0 saturated carbocycles. The Morgan fingerprint density at radius 1 is 1.17 bits per heavy atom. The Kier molecular flexibility index (Phi) is 4.68. The molecule has 2 nitrogen and oxygen atoms in total. The number of unbranched alkanes of at least 4 members (excludes halogenated alkanes) is 2. The predicted octanol–water partition coefficient (Wildman–Crippen LogP) is 4.79. The quantitative estimate of drug-likeness (QED) is 0.718. The average molecular weight is 246 g/mol. The molecule has 1 aliphatic rings. The minimum atomic E-state index is 0.349. The first kappa shape index (κ1) is 13.0. The van der Waals surface area contributed by atoms with E-state index in [0.29, 0.717) is 6.79 Å². The maximum Gasteiger partial charge on any atom is 0.231 e. The summed E-state index contributed by atoms with van der Waals surface area (Å²) in [6, 6.07) is 6.27. The monoisotopic (exact) mass is 246 g/mol. The van der Waals surface area contributed by atoms with Crippen molar-refractivity contribution in [3.63, 3.8) is 0 Å². The molecule has 98 valence electrons. The zero-order chi connectivity index (χ0) is 12.8. The molecule has 0 fully saturated rings. The molecule has 0 spiro atoms. The highest BCUT2D eigenvalue weighted by Gasteiger charge is 2.14. The second-order valence-corrected chi connectivity index (χ2v) is 4.69. The second-order valence-electron chi connectivity index (χ2n) is 4.69. The van der Waals surface area contributed by atoms with E-state index in [9.17, 15) is 0 Å². The van der Waals surface area contributed by atoms with Crippen LogP contribution in [0.15, 0.2) is 24.3 Å². The van der Waals surface area contributed by atoms with Gasteiger partial charge in [-0.1, -0.05) is 38.8 Å². The SMILES string of the molecule is CCCC=C(CCCC)c1ccc2c(c1)OCO2. The Morgan fingerprint density at radius 2 is 2.00 bits per heavy atom. The Bertz CT molecular complexity index is 421. The van der Waals surface area contributed by atoms with E-state index in [2.05, 4.69) is 32.1 Å². The molecule has 1 aromatic rings. The molecule has 0 saturated heterocycles. The topological polar surface area (TPSA) is 18.5 Å². The second kappa shape index (κ2) is 6.48. The van der Waals surface area contributed by atoms with Gasteiger partial charge in [0.25, 0.3) is 0 Å². The summed E-state index contributed by atoms with van der Waals surface area (Å²) >= 11 is 0. The first-order valence-corrected chi connectivity index (χ1v) is 6.94. The molecule has 0 unspecified atom stereocenters. The standard InChI is InChI=1S/C16H22O2/c1-3-5-7-13(8-6-4-2)14-9-10-15-16(11-14)18-12-17-15/h7,9-11H,3-6,8,12H2,1-2H3. The summed E-state index contributed by atoms with van der Waals surface area (Å²) in [6.07, 6.45) is 8.33. The summed E-state index contributed by atoms with van der Waals surface area (Å²) in [5.41, 5.74) is 2.72. The third-order valence-corrected chi connectivity index (χ3v) is 3.22. The van der Waals surface area contributed by atoms with Gasteiger partial charge in [0, 0.05) is 0 Å². The van der Waals surface area contributed by atoms with E-state index in [-0.39, 0.29) is 0 Å². The van der Waals surface area contributed by atoms with Crippen molar-refractivity contribution in [2.45, 2.75) is 46.0 Å². The summed E-state index contributed by atoms with van der Waals surface area (Å²) in [5, 5.41) is 0. The molecule has 1 heterocycles. The van der Waals surface area contributed by atoms with Crippen LogP contribution in [0.4, 0.5) is 0 Å². The van der Waals surface area contributed by atoms with Crippen LogP contribution in [0.1, 0.15) is 51.5 Å². The summed E-state index contributed by atoms with van der Waals surface area (Å²) in [4.78, 5) is 0. The highest BCUT2D eigenvalue weighted by Crippen LogP contribution is 2.35. The average Bonchev–Trinajstić information content (AvgIpc) is 2.86. The Morgan fingerprint density at radius 3 is 2.78 bits per heavy atom. The van der Waals surface area contributed by atoms with E-state index < -0.39 is 0 Å². The number of allylic oxidation sites excluding steroid dienone is 2. The van der Waals surface area contributed by atoms with Gasteiger partial charge < -0.3 is 9.47 Å². The van der Waals surface area contributed by atoms with E-state index >= 15 is 0 Å². The van der Waals surface area contributed by atoms with E-state index in [1.165, 1.54) is 30.4 Å². The van der Waals surface area contributed by atoms with Crippen LogP contribution in [0.3, 0.4) is 0 Å². The van der Waals surface area contributed by atoms with Crippen molar-refractivity contribution in [1.29, 1.82) is 0 Å². The van der Waals surface area contributed by atoms with Crippen LogP contribution >= 0.6 is 0 Å². The van der Waals surface area contributed by atoms with Gasteiger partial charge in [-0.15, -0.1) is 0 Å². The lowest BCUT2D eigenvalue weighted by Crippen LogP contribution is -1.93. The lowest BCUT2D eigenvalue weighted by molar-refractivity contribution is 0.174. The molecule has 1 aromatic carbocycles. The Hall–Kier alpha value is -1.44. The number of hydrogen-bond acceptors (Lipinski definition) is 2. The van der Waals surface area contributed by atoms with Crippen molar-refractivity contribution < 1.29 is 9.47 Å². The molecule has 0 aromatic heterocycles. The van der Waals surface area contributed by atoms with E-state index in [1.807, 2.05) is 6.07 Å². The molecule has 2 heteroatoms. The van der Waals surface area contributed by atoms with Crippen molar-refractivity contribution in [1.82, 2.24) is 0 Å². The van der Waals surface area contributed by atoms with Crippen molar-refractivity contribution in [2.24, 2.45) is 0 Å². The van der Waals surface area contributed by atoms with E-state index in [4.69, 9.17) is 9.47 Å². The predicted molar refractivity (Wildman–Crippen MR) is 75.0 cm³/mol. The lowest BCUT2D eigenvalue weighted by Gasteiger charge is -2.08. The van der Waals surface area contributed by atoms with Crippen LogP contribution in [0, 0.1) is 0 Å². The van der Waals surface area contributed by atoms with Gasteiger partial charge in [-0.2, -0.15) is 0 Å². The normalized spacial score (nSPS) is 14.0. The fourth-order valence-electron chi connectivity index (χ4n) is 2.15. The van der Waals surface area contributed by atoms with Gasteiger partial charge in [0.05, 0.1) is 0 Å². The summed E-state index contributed by atoms with van der Waals surface area (Å²) < 4.78 is 10.8. The minimum absolute atomic E-state index is 0.349. The van der Waals surface area contributed by atoms with Crippen LogP contribution in [0.25, 0.3) is 5.57 Å². The van der Waals surface area contributed by atoms with Crippen molar-refractivity contribution in [3.8, 4) is 11.5 Å². The van der Waals surface area contributed by atoms with Crippen LogP contribution in [0.5, 0.6) is 11.5 Å². The van der Waals surface area contributed by atoms with Crippen LogP contribution in [-0.2, 0) is 0 Å². The van der Waals surface area contributed by atoms with Gasteiger partial charge in [-0.05, 0) is 42.5 Å². The molecular weight excluding hydrogens is 224 g/mol. The van der Waals surface area contributed by atoms with Gasteiger partial charge in [0.2, 0.25) is 6.79 Å². The molecule has 2 rings (SSSR count). The van der Waals surface area contributed by atoms with Crippen molar-refractivity contribution in [2.75, 3.05) is 6.79 Å². The number of fused-ring (bicyclic) bond motifs is 1. The number of rotatable bonds is 6. The summed E-state index contributed by atoms with van der Waals surface area (Å²) in [6.45, 7) is 4.80. The molecule has 0 radical (unpaired) electrons. The van der Waals surface area contributed by atoms with Gasteiger partial charge in [0.1, 0.15) is 0 Å². The molecule has 0 N–H and O–H groups in total. The molecule has 0 bridgehead atoms. The van der Waals surface area contributed by atoms with E-state index in [1.54, 1.807) is 0 Å². The number of hydrogen-bond donors (Lipinski definition) is 0. The Labute approximate surface area is 110 Å². The molecule has 0 atom stereocenters. The maximum absolute atomic E-state index is 5.45. The highest BCUT2D eigenvalue weighted by molar-refractivity contribution is 5.68. The third-order valence-electron chi connectivity index (χ3n) is 3.22. The molecule has 18 heavy (non-hydrogen) atoms. The minimum Gasteiger partial charge on any atom is -0.454 e. The van der Waals surface area contributed by atoms with Crippen molar-refractivity contribution >= 4 is 5.57 Å². The fraction of sp³-hybridized carbons (Fsp3) is 0.500. The molecular formula is C16H22O2. The Balaban J connectivity index is 2.19. The third kappa shape index (κ3) is 3.06. The first-order chi connectivity index (χ1) is 8.85. The maximum atomic E-state index is 5.45. The summed E-state index contributed by atoms with van der Waals surface area (Å²) in [7, 11) is 0. The van der Waals surface area contributed by atoms with Gasteiger partial charge in [-0.25, -0.2) is 0 Å². The smallest absolute Gasteiger partial charge is 0.231 e. The fourth-order valence-corrected chi connectivity index (χ4v) is 2.15. The van der Waals surface area contributed by atoms with Crippen molar-refractivity contribution in [3.05, 3.63) is 29.8 Å². The van der Waals surface area contributed by atoms with Gasteiger partial charge >= 0.3 is 0 Å². The lowest BCUT2D eigenvalue weighted by atomic mass is 9.98.